The SMILES string of the molecule is COC(=O)C(NC(=O)C1CCC(N)C1)c1ccccc1. The molecule has 108 valence electrons. The first-order valence-electron chi connectivity index (χ1n) is 6.80. The number of hydrogen-bond donors (Lipinski definition) is 2. The van der Waals surface area contributed by atoms with Gasteiger partial charge in [-0.15, -0.1) is 0 Å². The molecule has 5 nitrogen and oxygen atoms in total. The first-order chi connectivity index (χ1) is 9.61. The van der Waals surface area contributed by atoms with Crippen molar-refractivity contribution in [2.24, 2.45) is 11.7 Å². The van der Waals surface area contributed by atoms with Gasteiger partial charge in [-0.2, -0.15) is 0 Å². The topological polar surface area (TPSA) is 81.4 Å². The van der Waals surface area contributed by atoms with Gasteiger partial charge in [-0.1, -0.05) is 30.3 Å². The van der Waals surface area contributed by atoms with Crippen LogP contribution in [0, 0.1) is 5.92 Å². The molecule has 3 atom stereocenters. The summed E-state index contributed by atoms with van der Waals surface area (Å²) in [4.78, 5) is 24.1. The molecule has 1 amide bonds. The summed E-state index contributed by atoms with van der Waals surface area (Å²) in [5.41, 5.74) is 6.54. The van der Waals surface area contributed by atoms with Crippen LogP contribution in [0.15, 0.2) is 30.3 Å². The van der Waals surface area contributed by atoms with Gasteiger partial charge in [-0.25, -0.2) is 4.79 Å². The van der Waals surface area contributed by atoms with Crippen LogP contribution in [-0.4, -0.2) is 25.0 Å². The molecule has 0 aliphatic heterocycles. The van der Waals surface area contributed by atoms with E-state index in [0.717, 1.165) is 18.4 Å². The fraction of sp³-hybridized carbons (Fsp3) is 0.467. The summed E-state index contributed by atoms with van der Waals surface area (Å²) in [6.45, 7) is 0. The standard InChI is InChI=1S/C15H20N2O3/c1-20-15(19)13(10-5-3-2-4-6-10)17-14(18)11-7-8-12(16)9-11/h2-6,11-13H,7-9,16H2,1H3,(H,17,18). The molecule has 1 fully saturated rings. The van der Waals surface area contributed by atoms with Gasteiger partial charge in [0.2, 0.25) is 5.91 Å². The predicted octanol–water partition coefficient (Wildman–Crippen LogP) is 1.14. The van der Waals surface area contributed by atoms with Gasteiger partial charge in [0, 0.05) is 12.0 Å². The number of nitrogens with one attached hydrogen (secondary N) is 1. The molecule has 0 bridgehead atoms. The van der Waals surface area contributed by atoms with Crippen molar-refractivity contribution in [3.63, 3.8) is 0 Å². The highest BCUT2D eigenvalue weighted by molar-refractivity contribution is 5.86. The van der Waals surface area contributed by atoms with Gasteiger partial charge in [0.15, 0.2) is 6.04 Å². The molecular formula is C15H20N2O3. The normalized spacial score (nSPS) is 23.1. The fourth-order valence-electron chi connectivity index (χ4n) is 2.56. The predicted molar refractivity (Wildman–Crippen MR) is 74.7 cm³/mol. The highest BCUT2D eigenvalue weighted by Crippen LogP contribution is 2.25. The van der Waals surface area contributed by atoms with Crippen LogP contribution in [0.3, 0.4) is 0 Å². The molecule has 3 unspecified atom stereocenters. The molecule has 0 heterocycles. The van der Waals surface area contributed by atoms with Crippen LogP contribution in [0.5, 0.6) is 0 Å². The molecule has 3 N–H and O–H groups in total. The Morgan fingerprint density at radius 1 is 1.30 bits per heavy atom. The van der Waals surface area contributed by atoms with Crippen molar-refractivity contribution in [2.75, 3.05) is 7.11 Å². The average Bonchev–Trinajstić information content (AvgIpc) is 2.91. The van der Waals surface area contributed by atoms with Gasteiger partial charge >= 0.3 is 5.97 Å². The van der Waals surface area contributed by atoms with Crippen LogP contribution < -0.4 is 11.1 Å². The number of nitrogens with two attached hydrogens (primary N) is 1. The van der Waals surface area contributed by atoms with Crippen LogP contribution in [0.4, 0.5) is 0 Å². The van der Waals surface area contributed by atoms with E-state index in [9.17, 15) is 9.59 Å². The van der Waals surface area contributed by atoms with Crippen LogP contribution in [0.2, 0.25) is 0 Å². The highest BCUT2D eigenvalue weighted by atomic mass is 16.5. The molecule has 1 saturated carbocycles. The van der Waals surface area contributed by atoms with Crippen molar-refractivity contribution >= 4 is 11.9 Å². The number of benzene rings is 1. The summed E-state index contributed by atoms with van der Waals surface area (Å²) >= 11 is 0. The van der Waals surface area contributed by atoms with Gasteiger partial charge in [0.1, 0.15) is 0 Å². The minimum absolute atomic E-state index is 0.0825. The summed E-state index contributed by atoms with van der Waals surface area (Å²) in [6.07, 6.45) is 2.30. The summed E-state index contributed by atoms with van der Waals surface area (Å²) in [5, 5.41) is 2.78. The lowest BCUT2D eigenvalue weighted by Crippen LogP contribution is -2.38. The van der Waals surface area contributed by atoms with E-state index in [-0.39, 0.29) is 17.9 Å². The number of hydrogen-bond acceptors (Lipinski definition) is 4. The molecule has 20 heavy (non-hydrogen) atoms. The summed E-state index contributed by atoms with van der Waals surface area (Å²) in [5.74, 6) is -0.704. The zero-order valence-electron chi connectivity index (χ0n) is 11.5. The van der Waals surface area contributed by atoms with E-state index in [2.05, 4.69) is 5.32 Å². The van der Waals surface area contributed by atoms with Gasteiger partial charge in [0.25, 0.3) is 0 Å². The molecule has 0 aromatic heterocycles. The lowest BCUT2D eigenvalue weighted by molar-refractivity contribution is -0.145. The summed E-state index contributed by atoms with van der Waals surface area (Å²) in [7, 11) is 1.32. The van der Waals surface area contributed by atoms with E-state index in [1.54, 1.807) is 12.1 Å². The maximum absolute atomic E-state index is 12.2. The number of rotatable bonds is 4. The third-order valence-corrected chi connectivity index (χ3v) is 3.70. The van der Waals surface area contributed by atoms with Crippen molar-refractivity contribution in [3.05, 3.63) is 35.9 Å². The smallest absolute Gasteiger partial charge is 0.333 e. The molecule has 5 heteroatoms. The molecule has 2 rings (SSSR count). The van der Waals surface area contributed by atoms with Crippen LogP contribution >= 0.6 is 0 Å². The maximum Gasteiger partial charge on any atom is 0.333 e. The van der Waals surface area contributed by atoms with E-state index in [1.165, 1.54) is 7.11 Å². The number of amides is 1. The Labute approximate surface area is 118 Å². The second kappa shape index (κ2) is 6.52. The van der Waals surface area contributed by atoms with Crippen molar-refractivity contribution < 1.29 is 14.3 Å². The Hall–Kier alpha value is -1.88. The quantitative estimate of drug-likeness (QED) is 0.808. The van der Waals surface area contributed by atoms with E-state index >= 15 is 0 Å². The van der Waals surface area contributed by atoms with Crippen LogP contribution in [0.1, 0.15) is 30.9 Å². The minimum atomic E-state index is -0.759. The van der Waals surface area contributed by atoms with E-state index in [0.29, 0.717) is 6.42 Å². The monoisotopic (exact) mass is 276 g/mol. The molecule has 0 spiro atoms. The number of methoxy groups -OCH3 is 1. The van der Waals surface area contributed by atoms with Gasteiger partial charge < -0.3 is 15.8 Å². The lowest BCUT2D eigenvalue weighted by atomic mass is 10.0. The Balaban J connectivity index is 2.09. The zero-order valence-corrected chi connectivity index (χ0v) is 11.5. The van der Waals surface area contributed by atoms with Gasteiger partial charge in [0.05, 0.1) is 7.11 Å². The average molecular weight is 276 g/mol. The minimum Gasteiger partial charge on any atom is -0.467 e. The maximum atomic E-state index is 12.2. The van der Waals surface area contributed by atoms with E-state index in [1.807, 2.05) is 18.2 Å². The molecule has 1 aromatic rings. The van der Waals surface area contributed by atoms with Crippen molar-refractivity contribution in [1.82, 2.24) is 5.32 Å². The fourth-order valence-corrected chi connectivity index (χ4v) is 2.56. The molecule has 1 aromatic carbocycles. The molecule has 1 aliphatic carbocycles. The van der Waals surface area contributed by atoms with Crippen LogP contribution in [-0.2, 0) is 14.3 Å². The number of ether oxygens (including phenoxy) is 1. The molecule has 0 saturated heterocycles. The Bertz CT molecular complexity index is 475. The first kappa shape index (κ1) is 14.5. The number of carbonyl (C=O) groups excluding carboxylic acids is 2. The van der Waals surface area contributed by atoms with Crippen molar-refractivity contribution in [3.8, 4) is 0 Å². The number of carbonyl (C=O) groups is 2. The Morgan fingerprint density at radius 3 is 2.55 bits per heavy atom. The summed E-state index contributed by atoms with van der Waals surface area (Å²) in [6, 6.07) is 8.41. The summed E-state index contributed by atoms with van der Waals surface area (Å²) < 4.78 is 4.77. The van der Waals surface area contributed by atoms with Gasteiger partial charge in [-0.3, -0.25) is 4.79 Å². The lowest BCUT2D eigenvalue weighted by Gasteiger charge is -2.19. The van der Waals surface area contributed by atoms with Crippen molar-refractivity contribution in [2.45, 2.75) is 31.3 Å². The second-order valence-electron chi connectivity index (χ2n) is 5.15. The van der Waals surface area contributed by atoms with Gasteiger partial charge in [-0.05, 0) is 24.8 Å². The van der Waals surface area contributed by atoms with E-state index < -0.39 is 12.0 Å². The Morgan fingerprint density at radius 2 is 2.00 bits per heavy atom. The Kier molecular flexibility index (Phi) is 4.74. The number of esters is 1. The molecule has 1 aliphatic rings. The second-order valence-corrected chi connectivity index (χ2v) is 5.15. The molecule has 0 radical (unpaired) electrons. The third-order valence-electron chi connectivity index (χ3n) is 3.70. The third kappa shape index (κ3) is 3.36. The van der Waals surface area contributed by atoms with E-state index in [4.69, 9.17) is 10.5 Å². The molecular weight excluding hydrogens is 256 g/mol. The zero-order chi connectivity index (χ0) is 14.5. The van der Waals surface area contributed by atoms with Crippen molar-refractivity contribution in [1.29, 1.82) is 0 Å². The first-order valence-corrected chi connectivity index (χ1v) is 6.80. The highest BCUT2D eigenvalue weighted by Gasteiger charge is 2.31. The van der Waals surface area contributed by atoms with Crippen LogP contribution in [0.25, 0.3) is 0 Å². The largest absolute Gasteiger partial charge is 0.467 e.